The van der Waals surface area contributed by atoms with Crippen LogP contribution in [-0.4, -0.2) is 30.1 Å². The molecule has 7 nitrogen and oxygen atoms in total. The Morgan fingerprint density at radius 2 is 1.71 bits per heavy atom. The third kappa shape index (κ3) is 5.09. The number of H-pyrrole nitrogens is 1. The lowest BCUT2D eigenvalue weighted by Gasteiger charge is -2.32. The lowest BCUT2D eigenvalue weighted by Crippen LogP contribution is -2.35. The van der Waals surface area contributed by atoms with Crippen LogP contribution < -0.4 is 5.56 Å². The van der Waals surface area contributed by atoms with E-state index in [0.717, 1.165) is 34.3 Å². The first-order valence-electron chi connectivity index (χ1n) is 11.9. The maximum absolute atomic E-state index is 13.1. The largest absolute Gasteiger partial charge is 0.322 e. The number of aromatic nitrogens is 5. The van der Waals surface area contributed by atoms with Gasteiger partial charge in [-0.05, 0) is 80.1 Å². The highest BCUT2D eigenvalue weighted by atomic mass is 16.1. The minimum absolute atomic E-state index is 0.0522. The smallest absolute Gasteiger partial charge is 0.252 e. The molecule has 0 saturated carbocycles. The summed E-state index contributed by atoms with van der Waals surface area (Å²) >= 11 is 0. The molecule has 0 amide bonds. The van der Waals surface area contributed by atoms with Crippen molar-refractivity contribution in [3.05, 3.63) is 87.0 Å². The van der Waals surface area contributed by atoms with Crippen LogP contribution in [-0.2, 0) is 18.6 Å². The highest BCUT2D eigenvalue weighted by Crippen LogP contribution is 2.29. The molecule has 0 aliphatic rings. The number of fused-ring (bicyclic) bond motifs is 1. The second kappa shape index (κ2) is 9.50. The summed E-state index contributed by atoms with van der Waals surface area (Å²) in [6, 6.07) is 16.6. The van der Waals surface area contributed by atoms with E-state index in [9.17, 15) is 4.79 Å². The van der Waals surface area contributed by atoms with Crippen molar-refractivity contribution in [2.45, 2.75) is 72.6 Å². The Bertz CT molecular complexity index is 1330. The first-order valence-corrected chi connectivity index (χ1v) is 11.9. The molecular formula is C27H34N6O. The summed E-state index contributed by atoms with van der Waals surface area (Å²) in [5.74, 6) is 0.815. The molecule has 4 aromatic rings. The van der Waals surface area contributed by atoms with Gasteiger partial charge in [-0.15, -0.1) is 5.10 Å². The second-order valence-electron chi connectivity index (χ2n) is 10.1. The van der Waals surface area contributed by atoms with Gasteiger partial charge < -0.3 is 4.98 Å². The number of nitrogens with one attached hydrogen (secondary N) is 1. The molecule has 34 heavy (non-hydrogen) atoms. The van der Waals surface area contributed by atoms with Crippen molar-refractivity contribution in [1.29, 1.82) is 0 Å². The summed E-state index contributed by atoms with van der Waals surface area (Å²) in [5, 5.41) is 13.8. The molecule has 0 fully saturated rings. The maximum Gasteiger partial charge on any atom is 0.252 e. The molecule has 178 valence electrons. The highest BCUT2D eigenvalue weighted by Gasteiger charge is 2.29. The number of tetrazole rings is 1. The van der Waals surface area contributed by atoms with E-state index in [1.54, 1.807) is 0 Å². The number of hydrogen-bond donors (Lipinski definition) is 1. The Labute approximate surface area is 200 Å². The normalized spacial score (nSPS) is 13.0. The Kier molecular flexibility index (Phi) is 6.66. The van der Waals surface area contributed by atoms with Gasteiger partial charge in [0.2, 0.25) is 0 Å². The fraction of sp³-hybridized carbons (Fsp3) is 0.407. The van der Waals surface area contributed by atoms with E-state index >= 15 is 0 Å². The van der Waals surface area contributed by atoms with E-state index < -0.39 is 0 Å². The van der Waals surface area contributed by atoms with Gasteiger partial charge in [-0.25, -0.2) is 4.68 Å². The first-order chi connectivity index (χ1) is 16.2. The lowest BCUT2D eigenvalue weighted by molar-refractivity contribution is 0.153. The van der Waals surface area contributed by atoms with Crippen molar-refractivity contribution in [2.24, 2.45) is 0 Å². The van der Waals surface area contributed by atoms with Gasteiger partial charge in [-0.2, -0.15) is 0 Å². The van der Waals surface area contributed by atoms with Crippen LogP contribution in [0.15, 0.2) is 53.3 Å². The molecule has 1 atom stereocenters. The Hall–Kier alpha value is -3.32. The van der Waals surface area contributed by atoms with Gasteiger partial charge in [0.25, 0.3) is 5.56 Å². The van der Waals surface area contributed by atoms with Gasteiger partial charge >= 0.3 is 0 Å². The molecule has 0 aliphatic heterocycles. The lowest BCUT2D eigenvalue weighted by atomic mass is 10.0. The molecule has 0 saturated heterocycles. The molecule has 4 rings (SSSR count). The molecule has 0 aliphatic carbocycles. The molecular weight excluding hydrogens is 424 g/mol. The van der Waals surface area contributed by atoms with Crippen LogP contribution in [0.5, 0.6) is 0 Å². The predicted octanol–water partition coefficient (Wildman–Crippen LogP) is 5.04. The SMILES string of the molecule is CC[C@@H](c1nnnn1C(C)(C)C)N(Cc1ccc(C)cc1)Cc1cc2ccc(C)cc2[nH]c1=O. The van der Waals surface area contributed by atoms with Crippen molar-refractivity contribution in [3.8, 4) is 0 Å². The molecule has 0 radical (unpaired) electrons. The van der Waals surface area contributed by atoms with E-state index in [4.69, 9.17) is 0 Å². The fourth-order valence-corrected chi connectivity index (χ4v) is 4.38. The van der Waals surface area contributed by atoms with Crippen LogP contribution in [0.25, 0.3) is 10.9 Å². The zero-order chi connectivity index (χ0) is 24.5. The number of pyridine rings is 1. The molecule has 0 unspecified atom stereocenters. The fourth-order valence-electron chi connectivity index (χ4n) is 4.38. The van der Waals surface area contributed by atoms with Crippen LogP contribution in [0.2, 0.25) is 0 Å². The van der Waals surface area contributed by atoms with E-state index in [0.29, 0.717) is 13.1 Å². The second-order valence-corrected chi connectivity index (χ2v) is 10.1. The summed E-state index contributed by atoms with van der Waals surface area (Å²) in [6.07, 6.45) is 0.812. The number of aromatic amines is 1. The number of aryl methyl sites for hydroxylation is 2. The first kappa shape index (κ1) is 23.8. The minimum Gasteiger partial charge on any atom is -0.322 e. The van der Waals surface area contributed by atoms with E-state index in [1.807, 2.05) is 23.7 Å². The van der Waals surface area contributed by atoms with Crippen molar-refractivity contribution in [2.75, 3.05) is 0 Å². The third-order valence-corrected chi connectivity index (χ3v) is 6.21. The van der Waals surface area contributed by atoms with Crippen LogP contribution in [0, 0.1) is 13.8 Å². The van der Waals surface area contributed by atoms with Crippen LogP contribution in [0.3, 0.4) is 0 Å². The summed E-state index contributed by atoms with van der Waals surface area (Å²) in [7, 11) is 0. The zero-order valence-electron chi connectivity index (χ0n) is 21.0. The predicted molar refractivity (Wildman–Crippen MR) is 136 cm³/mol. The van der Waals surface area contributed by atoms with E-state index in [-0.39, 0.29) is 17.1 Å². The topological polar surface area (TPSA) is 79.7 Å². The number of nitrogens with zero attached hydrogens (tertiary/aromatic N) is 5. The minimum atomic E-state index is -0.250. The monoisotopic (exact) mass is 458 g/mol. The highest BCUT2D eigenvalue weighted by molar-refractivity contribution is 5.79. The third-order valence-electron chi connectivity index (χ3n) is 6.21. The average Bonchev–Trinajstić information content (AvgIpc) is 3.26. The maximum atomic E-state index is 13.1. The van der Waals surface area contributed by atoms with Crippen LogP contribution in [0.1, 0.15) is 68.2 Å². The van der Waals surface area contributed by atoms with Crippen molar-refractivity contribution < 1.29 is 0 Å². The molecule has 7 heteroatoms. The van der Waals surface area contributed by atoms with Crippen molar-refractivity contribution in [1.82, 2.24) is 30.1 Å². The molecule has 1 N–H and O–H groups in total. The Balaban J connectivity index is 1.76. The number of rotatable bonds is 7. The number of hydrogen-bond acceptors (Lipinski definition) is 5. The summed E-state index contributed by atoms with van der Waals surface area (Å²) in [4.78, 5) is 18.5. The van der Waals surface area contributed by atoms with Crippen molar-refractivity contribution in [3.63, 3.8) is 0 Å². The standard InChI is InChI=1S/C27H34N6O/c1-7-24(25-29-30-31-33(25)27(4,5)6)32(16-20-11-8-18(2)9-12-20)17-22-15-21-13-10-19(3)14-23(21)28-26(22)34/h8-15,24H,7,16-17H2,1-6H3,(H,28,34)/t24-/m0/s1. The van der Waals surface area contributed by atoms with Gasteiger partial charge in [0, 0.05) is 24.2 Å². The molecule has 2 aromatic carbocycles. The zero-order valence-corrected chi connectivity index (χ0v) is 21.0. The molecule has 0 bridgehead atoms. The van der Waals surface area contributed by atoms with Crippen LogP contribution in [0.4, 0.5) is 0 Å². The van der Waals surface area contributed by atoms with E-state index in [2.05, 4.69) is 96.4 Å². The summed E-state index contributed by atoms with van der Waals surface area (Å²) in [5.41, 5.74) is 4.82. The van der Waals surface area contributed by atoms with Gasteiger partial charge in [0.1, 0.15) is 0 Å². The van der Waals surface area contributed by atoms with Gasteiger partial charge in [-0.3, -0.25) is 9.69 Å². The quantitative estimate of drug-likeness (QED) is 0.420. The van der Waals surface area contributed by atoms with Gasteiger partial charge in [-0.1, -0.05) is 48.9 Å². The molecule has 0 spiro atoms. The summed E-state index contributed by atoms with van der Waals surface area (Å²) in [6.45, 7) is 13.7. The Morgan fingerprint density at radius 1 is 1.00 bits per heavy atom. The van der Waals surface area contributed by atoms with Gasteiger partial charge in [0.05, 0.1) is 11.6 Å². The van der Waals surface area contributed by atoms with Crippen molar-refractivity contribution >= 4 is 10.9 Å². The van der Waals surface area contributed by atoms with Gasteiger partial charge in [0.15, 0.2) is 5.82 Å². The van der Waals surface area contributed by atoms with E-state index in [1.165, 1.54) is 11.1 Å². The number of benzene rings is 2. The molecule has 2 aromatic heterocycles. The van der Waals surface area contributed by atoms with Crippen LogP contribution >= 0.6 is 0 Å². The average molecular weight is 459 g/mol. The Morgan fingerprint density at radius 3 is 2.38 bits per heavy atom. The summed E-state index contributed by atoms with van der Waals surface area (Å²) < 4.78 is 1.90. The molecule has 2 heterocycles.